The maximum absolute atomic E-state index is 11.9. The third-order valence-corrected chi connectivity index (χ3v) is 3.03. The van der Waals surface area contributed by atoms with Crippen molar-refractivity contribution in [3.63, 3.8) is 0 Å². The molecule has 1 rings (SSSR count). The van der Waals surface area contributed by atoms with Crippen LogP contribution in [0.2, 0.25) is 0 Å². The average molecular weight is 316 g/mol. The molecule has 1 atom stereocenters. The van der Waals surface area contributed by atoms with Crippen LogP contribution in [0.4, 0.5) is 0 Å². The first-order valence-electron chi connectivity index (χ1n) is 5.91. The zero-order chi connectivity index (χ0) is 15.8. The standard InChI is InChI=1S/C11H16N4O5S/c1-6-3-7(15-20-6)11(18)13-8(5-21-2)10(17)12-4-9(16)14-19/h3,8,19H,4-5H2,1-2H3,(H,12,17)(H,13,18)(H,14,16)/t8-/m1/s1. The molecule has 4 N–H and O–H groups in total. The molecule has 0 aliphatic heterocycles. The molecule has 10 heteroatoms. The minimum Gasteiger partial charge on any atom is -0.361 e. The number of nitrogens with zero attached hydrogens (tertiary/aromatic N) is 1. The van der Waals surface area contributed by atoms with Gasteiger partial charge in [0, 0.05) is 11.8 Å². The van der Waals surface area contributed by atoms with Crippen LogP contribution in [-0.2, 0) is 9.59 Å². The van der Waals surface area contributed by atoms with E-state index < -0.39 is 23.8 Å². The van der Waals surface area contributed by atoms with Crippen LogP contribution in [0, 0.1) is 6.92 Å². The molecule has 21 heavy (non-hydrogen) atoms. The summed E-state index contributed by atoms with van der Waals surface area (Å²) >= 11 is 1.35. The summed E-state index contributed by atoms with van der Waals surface area (Å²) in [5.74, 6) is -1.06. The number of rotatable bonds is 7. The molecule has 0 fully saturated rings. The Morgan fingerprint density at radius 1 is 1.48 bits per heavy atom. The number of thioether (sulfide) groups is 1. The molecule has 0 aromatic carbocycles. The Morgan fingerprint density at radius 2 is 2.19 bits per heavy atom. The van der Waals surface area contributed by atoms with Crippen LogP contribution >= 0.6 is 11.8 Å². The normalized spacial score (nSPS) is 11.6. The molecular formula is C11H16N4O5S. The van der Waals surface area contributed by atoms with Crippen molar-refractivity contribution in [2.24, 2.45) is 0 Å². The maximum atomic E-state index is 11.9. The van der Waals surface area contributed by atoms with Crippen molar-refractivity contribution >= 4 is 29.5 Å². The molecule has 0 saturated heterocycles. The first-order chi connectivity index (χ1) is 9.97. The van der Waals surface area contributed by atoms with Crippen molar-refractivity contribution in [2.75, 3.05) is 18.6 Å². The molecular weight excluding hydrogens is 300 g/mol. The number of nitrogens with one attached hydrogen (secondary N) is 3. The third-order valence-electron chi connectivity index (χ3n) is 2.36. The van der Waals surface area contributed by atoms with Crippen LogP contribution in [-0.4, -0.2) is 52.7 Å². The summed E-state index contributed by atoms with van der Waals surface area (Å²) in [6.45, 7) is 1.25. The van der Waals surface area contributed by atoms with Crippen LogP contribution in [0.3, 0.4) is 0 Å². The molecule has 116 valence electrons. The van der Waals surface area contributed by atoms with E-state index in [1.807, 2.05) is 0 Å². The molecule has 0 spiro atoms. The lowest BCUT2D eigenvalue weighted by atomic mass is 10.2. The molecule has 1 aromatic rings. The molecule has 0 aliphatic rings. The monoisotopic (exact) mass is 316 g/mol. The quantitative estimate of drug-likeness (QED) is 0.377. The summed E-state index contributed by atoms with van der Waals surface area (Å²) in [5, 5.41) is 16.7. The minimum atomic E-state index is -0.837. The zero-order valence-electron chi connectivity index (χ0n) is 11.5. The van der Waals surface area contributed by atoms with Crippen molar-refractivity contribution in [3.8, 4) is 0 Å². The molecule has 9 nitrogen and oxygen atoms in total. The van der Waals surface area contributed by atoms with E-state index in [4.69, 9.17) is 9.73 Å². The van der Waals surface area contributed by atoms with Crippen molar-refractivity contribution in [1.29, 1.82) is 0 Å². The molecule has 3 amide bonds. The summed E-state index contributed by atoms with van der Waals surface area (Å²) in [7, 11) is 0. The highest BCUT2D eigenvalue weighted by molar-refractivity contribution is 7.98. The van der Waals surface area contributed by atoms with Crippen LogP contribution in [0.1, 0.15) is 16.2 Å². The van der Waals surface area contributed by atoms with E-state index in [1.54, 1.807) is 13.2 Å². The number of aromatic nitrogens is 1. The van der Waals surface area contributed by atoms with Gasteiger partial charge in [-0.25, -0.2) is 5.48 Å². The van der Waals surface area contributed by atoms with E-state index in [2.05, 4.69) is 15.8 Å². The second-order valence-corrected chi connectivity index (χ2v) is 4.97. The summed E-state index contributed by atoms with van der Waals surface area (Å²) in [6, 6.07) is 0.610. The fraction of sp³-hybridized carbons (Fsp3) is 0.455. The van der Waals surface area contributed by atoms with Crippen molar-refractivity contribution in [1.82, 2.24) is 21.3 Å². The first kappa shape index (κ1) is 17.0. The summed E-state index contributed by atoms with van der Waals surface area (Å²) in [5.41, 5.74) is 1.46. The van der Waals surface area contributed by atoms with Gasteiger partial charge in [0.05, 0.1) is 6.54 Å². The number of hydrogen-bond acceptors (Lipinski definition) is 7. The molecule has 0 bridgehead atoms. The Morgan fingerprint density at radius 3 is 2.71 bits per heavy atom. The van der Waals surface area contributed by atoms with Crippen molar-refractivity contribution in [3.05, 3.63) is 17.5 Å². The fourth-order valence-electron chi connectivity index (χ4n) is 1.39. The van der Waals surface area contributed by atoms with Crippen LogP contribution in [0.5, 0.6) is 0 Å². The Balaban J connectivity index is 2.61. The lowest BCUT2D eigenvalue weighted by Crippen LogP contribution is -2.50. The van der Waals surface area contributed by atoms with E-state index in [0.717, 1.165) is 0 Å². The van der Waals surface area contributed by atoms with E-state index in [-0.39, 0.29) is 12.2 Å². The van der Waals surface area contributed by atoms with Gasteiger partial charge in [-0.15, -0.1) is 0 Å². The lowest BCUT2D eigenvalue weighted by Gasteiger charge is -2.16. The molecule has 0 unspecified atom stereocenters. The predicted molar refractivity (Wildman–Crippen MR) is 73.8 cm³/mol. The number of amides is 3. The number of hydrogen-bond donors (Lipinski definition) is 4. The van der Waals surface area contributed by atoms with Crippen molar-refractivity contribution in [2.45, 2.75) is 13.0 Å². The van der Waals surface area contributed by atoms with Crippen LogP contribution in [0.15, 0.2) is 10.6 Å². The minimum absolute atomic E-state index is 0.0690. The number of hydroxylamine groups is 1. The highest BCUT2D eigenvalue weighted by Crippen LogP contribution is 2.03. The number of carbonyl (C=O) groups excluding carboxylic acids is 3. The number of carbonyl (C=O) groups is 3. The smallest absolute Gasteiger partial charge is 0.274 e. The summed E-state index contributed by atoms with van der Waals surface area (Å²) < 4.78 is 4.78. The molecule has 0 aliphatic carbocycles. The molecule has 0 saturated carbocycles. The van der Waals surface area contributed by atoms with Gasteiger partial charge in [-0.05, 0) is 13.2 Å². The second-order valence-electron chi connectivity index (χ2n) is 4.06. The van der Waals surface area contributed by atoms with Gasteiger partial charge in [-0.1, -0.05) is 5.16 Å². The summed E-state index contributed by atoms with van der Waals surface area (Å²) in [6.07, 6.45) is 1.77. The Kier molecular flexibility index (Phi) is 6.69. The predicted octanol–water partition coefficient (Wildman–Crippen LogP) is -0.934. The average Bonchev–Trinajstić information content (AvgIpc) is 2.90. The van der Waals surface area contributed by atoms with Crippen molar-refractivity contribution < 1.29 is 24.1 Å². The van der Waals surface area contributed by atoms with Gasteiger partial charge in [0.15, 0.2) is 5.69 Å². The van der Waals surface area contributed by atoms with E-state index >= 15 is 0 Å². The third kappa shape index (κ3) is 5.44. The maximum Gasteiger partial charge on any atom is 0.274 e. The zero-order valence-corrected chi connectivity index (χ0v) is 12.3. The highest BCUT2D eigenvalue weighted by atomic mass is 32.2. The largest absolute Gasteiger partial charge is 0.361 e. The van der Waals surface area contributed by atoms with Gasteiger partial charge in [-0.2, -0.15) is 11.8 Å². The molecule has 1 aromatic heterocycles. The van der Waals surface area contributed by atoms with Gasteiger partial charge in [0.1, 0.15) is 11.8 Å². The fourth-order valence-corrected chi connectivity index (χ4v) is 1.95. The van der Waals surface area contributed by atoms with E-state index in [1.165, 1.54) is 23.3 Å². The Labute approximate surface area is 124 Å². The van der Waals surface area contributed by atoms with Crippen LogP contribution in [0.25, 0.3) is 0 Å². The second kappa shape index (κ2) is 8.27. The first-order valence-corrected chi connectivity index (χ1v) is 7.31. The van der Waals surface area contributed by atoms with Gasteiger partial charge in [-0.3, -0.25) is 19.6 Å². The molecule has 0 radical (unpaired) electrons. The Hall–Kier alpha value is -2.07. The van der Waals surface area contributed by atoms with E-state index in [0.29, 0.717) is 11.5 Å². The van der Waals surface area contributed by atoms with Gasteiger partial charge < -0.3 is 15.2 Å². The number of aryl methyl sites for hydroxylation is 1. The van der Waals surface area contributed by atoms with Gasteiger partial charge in [0.2, 0.25) is 5.91 Å². The highest BCUT2D eigenvalue weighted by Gasteiger charge is 2.22. The van der Waals surface area contributed by atoms with Crippen LogP contribution < -0.4 is 16.1 Å². The summed E-state index contributed by atoms with van der Waals surface area (Å²) in [4.78, 5) is 34.6. The SMILES string of the molecule is CSC[C@@H](NC(=O)c1cc(C)on1)C(=O)NCC(=O)NO. The van der Waals surface area contributed by atoms with Gasteiger partial charge in [0.25, 0.3) is 11.8 Å². The molecule has 1 heterocycles. The lowest BCUT2D eigenvalue weighted by molar-refractivity contribution is -0.131. The topological polar surface area (TPSA) is 134 Å². The van der Waals surface area contributed by atoms with Gasteiger partial charge >= 0.3 is 0 Å². The Bertz CT molecular complexity index is 518. The van der Waals surface area contributed by atoms with E-state index in [9.17, 15) is 14.4 Å².